The molecular weight excluding hydrogens is 292 g/mol. The van der Waals surface area contributed by atoms with Crippen molar-refractivity contribution in [3.05, 3.63) is 41.1 Å². The fourth-order valence-corrected chi connectivity index (χ4v) is 2.89. The van der Waals surface area contributed by atoms with Crippen LogP contribution in [0.3, 0.4) is 0 Å². The zero-order valence-corrected chi connectivity index (χ0v) is 13.6. The Hall–Kier alpha value is -1.98. The van der Waals surface area contributed by atoms with Crippen LogP contribution in [0.5, 0.6) is 0 Å². The molecule has 2 N–H and O–H groups in total. The molecule has 0 unspecified atom stereocenters. The Morgan fingerprint density at radius 3 is 2.78 bits per heavy atom. The second kappa shape index (κ2) is 6.26. The first kappa shape index (κ1) is 15.9. The lowest BCUT2D eigenvalue weighted by Crippen LogP contribution is -2.46. The summed E-state index contributed by atoms with van der Waals surface area (Å²) in [7, 11) is 0. The van der Waals surface area contributed by atoms with Gasteiger partial charge in [0, 0.05) is 38.0 Å². The van der Waals surface area contributed by atoms with Crippen LogP contribution in [0, 0.1) is 13.8 Å². The molecule has 0 aliphatic carbocycles. The maximum atomic E-state index is 12.5. The Balaban J connectivity index is 1.78. The maximum absolute atomic E-state index is 12.5. The Kier molecular flexibility index (Phi) is 4.33. The molecule has 0 spiro atoms. The van der Waals surface area contributed by atoms with Gasteiger partial charge in [0.1, 0.15) is 0 Å². The van der Waals surface area contributed by atoms with Gasteiger partial charge in [0.05, 0.1) is 22.4 Å². The summed E-state index contributed by atoms with van der Waals surface area (Å²) in [6, 6.07) is 7.86. The van der Waals surface area contributed by atoms with Crippen LogP contribution in [0.4, 0.5) is 0 Å². The zero-order chi connectivity index (χ0) is 16.4. The largest absolute Gasteiger partial charge is 0.388 e. The van der Waals surface area contributed by atoms with Crippen LogP contribution in [0.15, 0.2) is 24.3 Å². The van der Waals surface area contributed by atoms with Gasteiger partial charge in [-0.05, 0) is 32.0 Å². The first-order valence-corrected chi connectivity index (χ1v) is 7.93. The van der Waals surface area contributed by atoms with Crippen LogP contribution in [-0.2, 0) is 4.74 Å². The quantitative estimate of drug-likeness (QED) is 0.910. The van der Waals surface area contributed by atoms with E-state index in [9.17, 15) is 9.90 Å². The number of ether oxygens (including phenoxy) is 1. The van der Waals surface area contributed by atoms with Crippen molar-refractivity contribution in [1.29, 1.82) is 0 Å². The predicted octanol–water partition coefficient (Wildman–Crippen LogP) is 2.12. The lowest BCUT2D eigenvalue weighted by atomic mass is 9.94. The molecule has 0 saturated carbocycles. The van der Waals surface area contributed by atoms with E-state index in [1.165, 1.54) is 0 Å². The van der Waals surface area contributed by atoms with Gasteiger partial charge >= 0.3 is 0 Å². The van der Waals surface area contributed by atoms with E-state index in [4.69, 9.17) is 4.74 Å². The average molecular weight is 314 g/mol. The van der Waals surface area contributed by atoms with Crippen LogP contribution < -0.4 is 5.32 Å². The smallest absolute Gasteiger partial charge is 0.253 e. The highest BCUT2D eigenvalue weighted by molar-refractivity contribution is 5.98. The number of carbonyl (C=O) groups is 1. The third-order valence-corrected chi connectivity index (χ3v) is 4.41. The summed E-state index contributed by atoms with van der Waals surface area (Å²) >= 11 is 0. The lowest BCUT2D eigenvalue weighted by molar-refractivity contribution is -0.0605. The minimum atomic E-state index is -0.872. The minimum Gasteiger partial charge on any atom is -0.388 e. The van der Waals surface area contributed by atoms with Crippen molar-refractivity contribution < 1.29 is 14.6 Å². The molecule has 0 bridgehead atoms. The predicted molar refractivity (Wildman–Crippen MR) is 88.6 cm³/mol. The molecule has 2 aromatic rings. The van der Waals surface area contributed by atoms with Crippen LogP contribution >= 0.6 is 0 Å². The number of hydrogen-bond acceptors (Lipinski definition) is 4. The van der Waals surface area contributed by atoms with E-state index < -0.39 is 5.60 Å². The van der Waals surface area contributed by atoms with E-state index in [2.05, 4.69) is 10.3 Å². The first-order chi connectivity index (χ1) is 11.0. The summed E-state index contributed by atoms with van der Waals surface area (Å²) in [6.45, 7) is 5.14. The van der Waals surface area contributed by atoms with Gasteiger partial charge in [-0.1, -0.05) is 11.6 Å². The van der Waals surface area contributed by atoms with Crippen molar-refractivity contribution in [3.8, 4) is 0 Å². The molecule has 5 heteroatoms. The molecule has 3 rings (SSSR count). The van der Waals surface area contributed by atoms with Gasteiger partial charge in [0.25, 0.3) is 5.91 Å². The van der Waals surface area contributed by atoms with Crippen molar-refractivity contribution in [2.45, 2.75) is 32.3 Å². The number of nitrogens with zero attached hydrogens (tertiary/aromatic N) is 1. The molecule has 1 amide bonds. The van der Waals surface area contributed by atoms with E-state index in [0.717, 1.165) is 16.5 Å². The molecule has 5 nitrogen and oxygen atoms in total. The van der Waals surface area contributed by atoms with Crippen LogP contribution in [0.2, 0.25) is 0 Å². The fraction of sp³-hybridized carbons (Fsp3) is 0.444. The Morgan fingerprint density at radius 2 is 2.04 bits per heavy atom. The SMILES string of the molecule is Cc1ccc2nc(C)c(C(=O)NCC3(O)CCOCC3)cc2c1. The molecule has 122 valence electrons. The summed E-state index contributed by atoms with van der Waals surface area (Å²) in [5, 5.41) is 14.2. The van der Waals surface area contributed by atoms with Gasteiger partial charge < -0.3 is 15.2 Å². The van der Waals surface area contributed by atoms with Gasteiger partial charge in [-0.15, -0.1) is 0 Å². The lowest BCUT2D eigenvalue weighted by Gasteiger charge is -2.32. The minimum absolute atomic E-state index is 0.196. The summed E-state index contributed by atoms with van der Waals surface area (Å²) in [5.74, 6) is -0.196. The summed E-state index contributed by atoms with van der Waals surface area (Å²) < 4.78 is 5.25. The van der Waals surface area contributed by atoms with Gasteiger partial charge in [-0.3, -0.25) is 9.78 Å². The molecule has 0 radical (unpaired) electrons. The molecule has 1 aromatic carbocycles. The van der Waals surface area contributed by atoms with E-state index in [1.807, 2.05) is 38.1 Å². The highest BCUT2D eigenvalue weighted by Crippen LogP contribution is 2.21. The number of nitrogens with one attached hydrogen (secondary N) is 1. The van der Waals surface area contributed by atoms with E-state index in [1.54, 1.807) is 0 Å². The van der Waals surface area contributed by atoms with Gasteiger partial charge in [0.2, 0.25) is 0 Å². The van der Waals surface area contributed by atoms with Crippen LogP contribution in [0.1, 0.15) is 34.5 Å². The molecule has 1 fully saturated rings. The fourth-order valence-electron chi connectivity index (χ4n) is 2.89. The average Bonchev–Trinajstić information content (AvgIpc) is 2.53. The van der Waals surface area contributed by atoms with Crippen molar-refractivity contribution >= 4 is 16.8 Å². The van der Waals surface area contributed by atoms with Gasteiger partial charge in [0.15, 0.2) is 0 Å². The number of fused-ring (bicyclic) bond motifs is 1. The number of hydrogen-bond donors (Lipinski definition) is 2. The molecular formula is C18H22N2O3. The summed E-state index contributed by atoms with van der Waals surface area (Å²) in [6.07, 6.45) is 1.09. The molecule has 23 heavy (non-hydrogen) atoms. The van der Waals surface area contributed by atoms with Crippen molar-refractivity contribution in [3.63, 3.8) is 0 Å². The topological polar surface area (TPSA) is 71.5 Å². The zero-order valence-electron chi connectivity index (χ0n) is 13.6. The first-order valence-electron chi connectivity index (χ1n) is 7.93. The standard InChI is InChI=1S/C18H22N2O3/c1-12-3-4-16-14(9-12)10-15(13(2)20-16)17(21)19-11-18(22)5-7-23-8-6-18/h3-4,9-10,22H,5-8,11H2,1-2H3,(H,19,21). The monoisotopic (exact) mass is 314 g/mol. The summed E-state index contributed by atoms with van der Waals surface area (Å²) in [4.78, 5) is 17.0. The number of aryl methyl sites for hydroxylation is 2. The third kappa shape index (κ3) is 3.51. The number of carbonyl (C=O) groups excluding carboxylic acids is 1. The number of amides is 1. The molecule has 1 saturated heterocycles. The number of benzene rings is 1. The van der Waals surface area contributed by atoms with E-state index in [-0.39, 0.29) is 12.5 Å². The van der Waals surface area contributed by atoms with Crippen molar-refractivity contribution in [1.82, 2.24) is 10.3 Å². The van der Waals surface area contributed by atoms with Crippen molar-refractivity contribution in [2.24, 2.45) is 0 Å². The van der Waals surface area contributed by atoms with Gasteiger partial charge in [-0.2, -0.15) is 0 Å². The second-order valence-electron chi connectivity index (χ2n) is 6.34. The Bertz CT molecular complexity index is 736. The highest BCUT2D eigenvalue weighted by atomic mass is 16.5. The number of pyridine rings is 1. The van der Waals surface area contributed by atoms with Crippen LogP contribution in [-0.4, -0.2) is 41.4 Å². The number of aromatic nitrogens is 1. The summed E-state index contributed by atoms with van der Waals surface area (Å²) in [5.41, 5.74) is 2.39. The normalized spacial score (nSPS) is 17.2. The maximum Gasteiger partial charge on any atom is 0.253 e. The van der Waals surface area contributed by atoms with Crippen LogP contribution in [0.25, 0.3) is 10.9 Å². The molecule has 1 aromatic heterocycles. The Labute approximate surface area is 135 Å². The van der Waals surface area contributed by atoms with Gasteiger partial charge in [-0.25, -0.2) is 0 Å². The third-order valence-electron chi connectivity index (χ3n) is 4.41. The molecule has 2 heterocycles. The number of rotatable bonds is 3. The number of aliphatic hydroxyl groups is 1. The van der Waals surface area contributed by atoms with E-state index in [0.29, 0.717) is 37.3 Å². The second-order valence-corrected chi connectivity index (χ2v) is 6.34. The molecule has 1 aliphatic rings. The Morgan fingerprint density at radius 1 is 1.30 bits per heavy atom. The van der Waals surface area contributed by atoms with Crippen molar-refractivity contribution in [2.75, 3.05) is 19.8 Å². The molecule has 0 atom stereocenters. The molecule has 1 aliphatic heterocycles. The highest BCUT2D eigenvalue weighted by Gasteiger charge is 2.30. The van der Waals surface area contributed by atoms with E-state index >= 15 is 0 Å².